The van der Waals surface area contributed by atoms with E-state index in [2.05, 4.69) is 45.0 Å². The highest BCUT2D eigenvalue weighted by molar-refractivity contribution is 7.17. The summed E-state index contributed by atoms with van der Waals surface area (Å²) in [7, 11) is 1.56. The molecule has 0 saturated carbocycles. The molecule has 4 amide bonds. The average Bonchev–Trinajstić information content (AvgIpc) is 3.48. The van der Waals surface area contributed by atoms with Crippen molar-refractivity contribution in [2.75, 3.05) is 30.8 Å². The third-order valence-corrected chi connectivity index (χ3v) is 8.60. The SMILES string of the molecule is CCC(CC)NC(=O)Nc1ccc(Oc2cnc(NC(=O)c3ccc(OC4CCN(C(C)C)CC4)cc3)s2)c(CC(=O)NC)c1. The average molecular weight is 637 g/mol. The molecule has 1 fully saturated rings. The van der Waals surface area contributed by atoms with Crippen LogP contribution in [0.2, 0.25) is 0 Å². The van der Waals surface area contributed by atoms with Gasteiger partial charge in [-0.05, 0) is 82.0 Å². The van der Waals surface area contributed by atoms with Gasteiger partial charge < -0.3 is 30.3 Å². The molecule has 1 aliphatic heterocycles. The molecule has 2 aromatic carbocycles. The molecule has 1 aromatic heterocycles. The van der Waals surface area contributed by atoms with Gasteiger partial charge in [0.25, 0.3) is 5.91 Å². The van der Waals surface area contributed by atoms with E-state index in [9.17, 15) is 14.4 Å². The minimum absolute atomic E-state index is 0.0504. The van der Waals surface area contributed by atoms with Crippen molar-refractivity contribution in [1.82, 2.24) is 20.5 Å². The molecule has 0 spiro atoms. The molecule has 4 rings (SSSR count). The second kappa shape index (κ2) is 16.2. The van der Waals surface area contributed by atoms with Crippen molar-refractivity contribution in [3.8, 4) is 16.6 Å². The summed E-state index contributed by atoms with van der Waals surface area (Å²) < 4.78 is 12.2. The van der Waals surface area contributed by atoms with Crippen LogP contribution >= 0.6 is 11.3 Å². The molecule has 3 aromatic rings. The third kappa shape index (κ3) is 9.92. The van der Waals surface area contributed by atoms with Crippen molar-refractivity contribution in [3.05, 3.63) is 59.8 Å². The first-order chi connectivity index (χ1) is 21.7. The number of anilines is 2. The lowest BCUT2D eigenvalue weighted by atomic mass is 10.1. The standard InChI is InChI=1S/C33H44N6O5S/c1-6-24(7-2)36-32(42)37-25-10-13-28(23(18-25)19-29(40)34-5)44-30-20-35-33(45-30)38-31(41)22-8-11-26(12-9-22)43-27-14-16-39(17-15-27)21(3)4/h8-13,18,20-21,24,27H,6-7,14-17,19H2,1-5H3,(H,34,40)(H,35,38,41)(H2,36,37,42). The van der Waals surface area contributed by atoms with Gasteiger partial charge in [0.15, 0.2) is 5.13 Å². The van der Waals surface area contributed by atoms with Gasteiger partial charge in [0.2, 0.25) is 11.0 Å². The van der Waals surface area contributed by atoms with Crippen molar-refractivity contribution in [1.29, 1.82) is 0 Å². The van der Waals surface area contributed by atoms with E-state index in [-0.39, 0.29) is 36.4 Å². The molecule has 4 N–H and O–H groups in total. The molecule has 0 bridgehead atoms. The Morgan fingerprint density at radius 1 is 1.02 bits per heavy atom. The molecular formula is C33H44N6O5S. The zero-order chi connectivity index (χ0) is 32.3. The van der Waals surface area contributed by atoms with E-state index in [1.165, 1.54) is 6.20 Å². The highest BCUT2D eigenvalue weighted by Crippen LogP contribution is 2.34. The van der Waals surface area contributed by atoms with Crippen LogP contribution in [0.25, 0.3) is 0 Å². The Morgan fingerprint density at radius 3 is 2.38 bits per heavy atom. The number of benzene rings is 2. The molecule has 0 unspecified atom stereocenters. The van der Waals surface area contributed by atoms with Gasteiger partial charge in [-0.25, -0.2) is 9.78 Å². The minimum atomic E-state index is -0.310. The van der Waals surface area contributed by atoms with Crippen molar-refractivity contribution in [3.63, 3.8) is 0 Å². The number of likely N-dealkylation sites (N-methyl/N-ethyl adjacent to an activating group) is 1. The minimum Gasteiger partial charge on any atom is -0.490 e. The van der Waals surface area contributed by atoms with Gasteiger partial charge in [-0.2, -0.15) is 0 Å². The monoisotopic (exact) mass is 636 g/mol. The summed E-state index contributed by atoms with van der Waals surface area (Å²) >= 11 is 1.16. The topological polar surface area (TPSA) is 134 Å². The van der Waals surface area contributed by atoms with E-state index in [0.29, 0.717) is 38.8 Å². The fourth-order valence-corrected chi connectivity index (χ4v) is 5.71. The Morgan fingerprint density at radius 2 is 1.73 bits per heavy atom. The van der Waals surface area contributed by atoms with E-state index in [0.717, 1.165) is 55.9 Å². The zero-order valence-corrected chi connectivity index (χ0v) is 27.5. The summed E-state index contributed by atoms with van der Waals surface area (Å²) in [5.41, 5.74) is 1.61. The maximum absolute atomic E-state index is 12.9. The van der Waals surface area contributed by atoms with E-state index >= 15 is 0 Å². The molecule has 1 saturated heterocycles. The normalized spacial score (nSPS) is 13.8. The van der Waals surface area contributed by atoms with Crippen LogP contribution in [-0.2, 0) is 11.2 Å². The van der Waals surface area contributed by atoms with Gasteiger partial charge in [0.05, 0.1) is 12.6 Å². The number of rotatable bonds is 13. The Balaban J connectivity index is 1.35. The van der Waals surface area contributed by atoms with Crippen LogP contribution in [0.5, 0.6) is 16.6 Å². The number of aromatic nitrogens is 1. The van der Waals surface area contributed by atoms with E-state index < -0.39 is 0 Å². The van der Waals surface area contributed by atoms with Crippen LogP contribution in [0.15, 0.2) is 48.7 Å². The highest BCUT2D eigenvalue weighted by atomic mass is 32.1. The number of hydrogen-bond acceptors (Lipinski definition) is 8. The summed E-state index contributed by atoms with van der Waals surface area (Å²) in [6.07, 6.45) is 5.37. The Kier molecular flexibility index (Phi) is 12.2. The zero-order valence-electron chi connectivity index (χ0n) is 26.6. The molecule has 242 valence electrons. The maximum atomic E-state index is 12.9. The lowest BCUT2D eigenvalue weighted by Crippen LogP contribution is -2.41. The third-order valence-electron chi connectivity index (χ3n) is 7.81. The number of carbonyl (C=O) groups is 3. The number of thiazole rings is 1. The summed E-state index contributed by atoms with van der Waals surface area (Å²) in [5.74, 6) is 0.690. The van der Waals surface area contributed by atoms with Crippen LogP contribution < -0.4 is 30.7 Å². The second-order valence-electron chi connectivity index (χ2n) is 11.3. The maximum Gasteiger partial charge on any atom is 0.319 e. The van der Waals surface area contributed by atoms with Gasteiger partial charge in [0.1, 0.15) is 17.6 Å². The predicted molar refractivity (Wildman–Crippen MR) is 178 cm³/mol. The summed E-state index contributed by atoms with van der Waals surface area (Å²) in [4.78, 5) is 44.3. The van der Waals surface area contributed by atoms with Crippen molar-refractivity contribution >= 4 is 40.0 Å². The van der Waals surface area contributed by atoms with E-state index in [1.54, 1.807) is 37.4 Å². The van der Waals surface area contributed by atoms with Crippen LogP contribution in [0, 0.1) is 0 Å². The number of nitrogens with one attached hydrogen (secondary N) is 4. The van der Waals surface area contributed by atoms with Crippen molar-refractivity contribution < 1.29 is 23.9 Å². The number of ether oxygens (including phenoxy) is 2. The van der Waals surface area contributed by atoms with Gasteiger partial charge in [-0.15, -0.1) is 0 Å². The van der Waals surface area contributed by atoms with Gasteiger partial charge >= 0.3 is 6.03 Å². The molecular weight excluding hydrogens is 592 g/mol. The fourth-order valence-electron chi connectivity index (χ4n) is 5.03. The van der Waals surface area contributed by atoms with Crippen LogP contribution in [0.4, 0.5) is 15.6 Å². The lowest BCUT2D eigenvalue weighted by Gasteiger charge is -2.34. The number of likely N-dealkylation sites (tertiary alicyclic amines) is 1. The quantitative estimate of drug-likeness (QED) is 0.180. The number of piperidine rings is 1. The smallest absolute Gasteiger partial charge is 0.319 e. The second-order valence-corrected chi connectivity index (χ2v) is 12.3. The molecule has 2 heterocycles. The van der Waals surface area contributed by atoms with Crippen molar-refractivity contribution in [2.24, 2.45) is 0 Å². The summed E-state index contributed by atoms with van der Waals surface area (Å²) in [6, 6.07) is 12.6. The molecule has 45 heavy (non-hydrogen) atoms. The first-order valence-electron chi connectivity index (χ1n) is 15.5. The van der Waals surface area contributed by atoms with E-state index in [4.69, 9.17) is 9.47 Å². The molecule has 0 atom stereocenters. The van der Waals surface area contributed by atoms with Gasteiger partial charge in [-0.3, -0.25) is 14.9 Å². The molecule has 12 heteroatoms. The van der Waals surface area contributed by atoms with Gasteiger partial charge in [0, 0.05) is 49.0 Å². The number of amides is 4. The van der Waals surface area contributed by atoms with E-state index in [1.807, 2.05) is 26.0 Å². The van der Waals surface area contributed by atoms with Crippen LogP contribution in [-0.4, -0.2) is 66.1 Å². The molecule has 1 aliphatic rings. The Hall–Kier alpha value is -4.16. The fraction of sp³-hybridized carbons (Fsp3) is 0.455. The highest BCUT2D eigenvalue weighted by Gasteiger charge is 2.22. The summed E-state index contributed by atoms with van der Waals surface area (Å²) in [6.45, 7) is 10.5. The lowest BCUT2D eigenvalue weighted by molar-refractivity contribution is -0.119. The number of nitrogens with zero attached hydrogens (tertiary/aromatic N) is 2. The largest absolute Gasteiger partial charge is 0.490 e. The molecule has 11 nitrogen and oxygen atoms in total. The number of carbonyl (C=O) groups excluding carboxylic acids is 3. The Bertz CT molecular complexity index is 1430. The first-order valence-corrected chi connectivity index (χ1v) is 16.4. The molecule has 0 radical (unpaired) electrons. The number of hydrogen-bond donors (Lipinski definition) is 4. The van der Waals surface area contributed by atoms with Crippen LogP contribution in [0.1, 0.15) is 69.3 Å². The number of urea groups is 1. The summed E-state index contributed by atoms with van der Waals surface area (Å²) in [5, 5.41) is 12.0. The van der Waals surface area contributed by atoms with Crippen molar-refractivity contribution in [2.45, 2.75) is 78.0 Å². The molecule has 0 aliphatic carbocycles. The Labute approximate surface area is 269 Å². The first kappa shape index (κ1) is 33.7. The van der Waals surface area contributed by atoms with Gasteiger partial charge in [-0.1, -0.05) is 25.2 Å². The predicted octanol–water partition coefficient (Wildman–Crippen LogP) is 6.04. The van der Waals surface area contributed by atoms with Crippen LogP contribution in [0.3, 0.4) is 0 Å².